The summed E-state index contributed by atoms with van der Waals surface area (Å²) in [7, 11) is 1.69. The van der Waals surface area contributed by atoms with E-state index in [0.717, 1.165) is 3.92 Å². The van der Waals surface area contributed by atoms with Crippen molar-refractivity contribution in [3.8, 4) is 11.4 Å². The molecule has 5 nitrogen and oxygen atoms in total. The topological polar surface area (TPSA) is 68.0 Å². The first-order valence-corrected chi connectivity index (χ1v) is 5.63. The Morgan fingerprint density at radius 3 is 2.93 bits per heavy atom. The Morgan fingerprint density at radius 2 is 2.40 bits per heavy atom. The number of hydrogen-bond acceptors (Lipinski definition) is 4. The number of thiazole rings is 1. The molecule has 0 spiro atoms. The normalized spacial score (nSPS) is 10.5. The van der Waals surface area contributed by atoms with Crippen LogP contribution in [0.15, 0.2) is 15.5 Å². The van der Waals surface area contributed by atoms with Crippen LogP contribution in [0.2, 0.25) is 0 Å². The molecule has 2 aromatic heterocycles. The van der Waals surface area contributed by atoms with E-state index in [-0.39, 0.29) is 5.56 Å². The molecule has 0 fully saturated rings. The summed E-state index contributed by atoms with van der Waals surface area (Å²) >= 11 is 4.64. The van der Waals surface area contributed by atoms with Crippen LogP contribution >= 0.6 is 27.3 Å². The van der Waals surface area contributed by atoms with Crippen LogP contribution in [0.4, 0.5) is 0 Å². The number of nitrogens with zero attached hydrogens (tertiary/aromatic N) is 3. The maximum atomic E-state index is 10.9. The molecular formula is C8H6BrN3O2S. The monoisotopic (exact) mass is 287 g/mol. The van der Waals surface area contributed by atoms with Gasteiger partial charge in [0.15, 0.2) is 3.92 Å². The molecule has 1 N–H and O–H groups in total. The Balaban J connectivity index is 2.60. The van der Waals surface area contributed by atoms with Gasteiger partial charge in [-0.05, 0) is 15.9 Å². The van der Waals surface area contributed by atoms with Gasteiger partial charge in [-0.3, -0.25) is 4.68 Å². The number of aryl methyl sites for hydroxylation is 1. The van der Waals surface area contributed by atoms with Crippen LogP contribution in [0, 0.1) is 0 Å². The van der Waals surface area contributed by atoms with Gasteiger partial charge in [0.1, 0.15) is 17.0 Å². The van der Waals surface area contributed by atoms with Gasteiger partial charge in [-0.2, -0.15) is 5.10 Å². The zero-order chi connectivity index (χ0) is 11.0. The third-order valence-corrected chi connectivity index (χ3v) is 3.25. The lowest BCUT2D eigenvalue weighted by Gasteiger charge is -1.98. The maximum absolute atomic E-state index is 10.9. The maximum Gasteiger partial charge on any atom is 0.339 e. The lowest BCUT2D eigenvalue weighted by molar-refractivity contribution is 0.0697. The first-order valence-electron chi connectivity index (χ1n) is 3.96. The van der Waals surface area contributed by atoms with E-state index in [1.165, 1.54) is 22.2 Å². The number of halogens is 1. The summed E-state index contributed by atoms with van der Waals surface area (Å²) in [6.45, 7) is 0. The minimum atomic E-state index is -0.998. The Labute approximate surface area is 97.5 Å². The molecule has 0 unspecified atom stereocenters. The van der Waals surface area contributed by atoms with Gasteiger partial charge in [0.2, 0.25) is 0 Å². The quantitative estimate of drug-likeness (QED) is 0.917. The standard InChI is InChI=1S/C8H6BrN3O2S/c1-12-6(4(2-10-12)7(13)14)5-3-15-8(9)11-5/h2-3H,1H3,(H,13,14). The van der Waals surface area contributed by atoms with Crippen molar-refractivity contribution in [2.24, 2.45) is 7.05 Å². The van der Waals surface area contributed by atoms with E-state index in [1.807, 2.05) is 0 Å². The molecule has 0 atom stereocenters. The average molecular weight is 288 g/mol. The molecule has 0 radical (unpaired) electrons. The predicted octanol–water partition coefficient (Wildman–Crippen LogP) is 2.00. The van der Waals surface area contributed by atoms with E-state index in [9.17, 15) is 4.79 Å². The Kier molecular flexibility index (Phi) is 2.57. The molecule has 0 aliphatic rings. The minimum Gasteiger partial charge on any atom is -0.478 e. The van der Waals surface area contributed by atoms with Crippen molar-refractivity contribution in [1.82, 2.24) is 14.8 Å². The number of aromatic nitrogens is 3. The molecule has 2 heterocycles. The van der Waals surface area contributed by atoms with Gasteiger partial charge < -0.3 is 5.11 Å². The summed E-state index contributed by atoms with van der Waals surface area (Å²) in [5.74, 6) is -0.998. The highest BCUT2D eigenvalue weighted by molar-refractivity contribution is 9.11. The van der Waals surface area contributed by atoms with Gasteiger partial charge in [0, 0.05) is 12.4 Å². The predicted molar refractivity (Wildman–Crippen MR) is 59.0 cm³/mol. The third kappa shape index (κ3) is 1.80. The summed E-state index contributed by atoms with van der Waals surface area (Å²) in [5.41, 5.74) is 1.30. The van der Waals surface area contributed by atoms with Crippen LogP contribution in [0.5, 0.6) is 0 Å². The fraction of sp³-hybridized carbons (Fsp3) is 0.125. The number of rotatable bonds is 2. The molecular weight excluding hydrogens is 282 g/mol. The summed E-state index contributed by atoms with van der Waals surface area (Å²) < 4.78 is 2.22. The largest absolute Gasteiger partial charge is 0.478 e. The average Bonchev–Trinajstić information content (AvgIpc) is 2.71. The van der Waals surface area contributed by atoms with Crippen LogP contribution in [0.25, 0.3) is 11.4 Å². The molecule has 0 saturated heterocycles. The van der Waals surface area contributed by atoms with Crippen molar-refractivity contribution in [2.75, 3.05) is 0 Å². The minimum absolute atomic E-state index is 0.162. The summed E-state index contributed by atoms with van der Waals surface area (Å²) in [6, 6.07) is 0. The van der Waals surface area contributed by atoms with Crippen LogP contribution in [-0.4, -0.2) is 25.8 Å². The smallest absolute Gasteiger partial charge is 0.339 e. The summed E-state index contributed by atoms with van der Waals surface area (Å²) in [5, 5.41) is 14.7. The highest BCUT2D eigenvalue weighted by atomic mass is 79.9. The molecule has 78 valence electrons. The first kappa shape index (κ1) is 10.3. The lowest BCUT2D eigenvalue weighted by atomic mass is 10.2. The molecule has 7 heteroatoms. The Morgan fingerprint density at radius 1 is 1.67 bits per heavy atom. The molecule has 2 aromatic rings. The van der Waals surface area contributed by atoms with E-state index >= 15 is 0 Å². The van der Waals surface area contributed by atoms with Gasteiger partial charge in [-0.15, -0.1) is 11.3 Å². The highest BCUT2D eigenvalue weighted by Gasteiger charge is 2.18. The van der Waals surface area contributed by atoms with Gasteiger partial charge in [-0.25, -0.2) is 9.78 Å². The van der Waals surface area contributed by atoms with Crippen LogP contribution in [0.1, 0.15) is 10.4 Å². The fourth-order valence-electron chi connectivity index (χ4n) is 1.26. The molecule has 0 amide bonds. The number of aromatic carboxylic acids is 1. The van der Waals surface area contributed by atoms with E-state index in [0.29, 0.717) is 11.4 Å². The zero-order valence-corrected chi connectivity index (χ0v) is 10.0. The number of hydrogen-bond donors (Lipinski definition) is 1. The van der Waals surface area contributed by atoms with Crippen LogP contribution in [-0.2, 0) is 7.05 Å². The van der Waals surface area contributed by atoms with Crippen molar-refractivity contribution in [3.05, 3.63) is 21.1 Å². The van der Waals surface area contributed by atoms with Crippen molar-refractivity contribution in [1.29, 1.82) is 0 Å². The number of carboxylic acids is 1. The second-order valence-corrected chi connectivity index (χ2v) is 4.96. The number of carboxylic acid groups (broad SMARTS) is 1. The van der Waals surface area contributed by atoms with Gasteiger partial charge in [-0.1, -0.05) is 0 Å². The van der Waals surface area contributed by atoms with Crippen LogP contribution < -0.4 is 0 Å². The van der Waals surface area contributed by atoms with Crippen molar-refractivity contribution >= 4 is 33.2 Å². The molecule has 0 bridgehead atoms. The van der Waals surface area contributed by atoms with E-state index in [2.05, 4.69) is 26.0 Å². The van der Waals surface area contributed by atoms with Gasteiger partial charge in [0.25, 0.3) is 0 Å². The summed E-state index contributed by atoms with van der Waals surface area (Å²) in [6.07, 6.45) is 1.32. The van der Waals surface area contributed by atoms with Gasteiger partial charge in [0.05, 0.1) is 6.20 Å². The van der Waals surface area contributed by atoms with Gasteiger partial charge >= 0.3 is 5.97 Å². The van der Waals surface area contributed by atoms with Crippen molar-refractivity contribution in [3.63, 3.8) is 0 Å². The second kappa shape index (κ2) is 3.74. The highest BCUT2D eigenvalue weighted by Crippen LogP contribution is 2.27. The molecule has 2 rings (SSSR count). The Hall–Kier alpha value is -1.21. The molecule has 0 aliphatic heterocycles. The van der Waals surface area contributed by atoms with Crippen molar-refractivity contribution in [2.45, 2.75) is 0 Å². The second-order valence-electron chi connectivity index (χ2n) is 2.82. The third-order valence-electron chi connectivity index (χ3n) is 1.89. The number of carbonyl (C=O) groups is 1. The van der Waals surface area contributed by atoms with E-state index < -0.39 is 5.97 Å². The first-order chi connectivity index (χ1) is 7.09. The SMILES string of the molecule is Cn1ncc(C(=O)O)c1-c1csc(Br)n1. The molecule has 0 saturated carbocycles. The molecule has 15 heavy (non-hydrogen) atoms. The molecule has 0 aromatic carbocycles. The lowest BCUT2D eigenvalue weighted by Crippen LogP contribution is -2.00. The zero-order valence-electron chi connectivity index (χ0n) is 7.64. The molecule has 0 aliphatic carbocycles. The van der Waals surface area contributed by atoms with E-state index in [4.69, 9.17) is 5.11 Å². The summed E-state index contributed by atoms with van der Waals surface area (Å²) in [4.78, 5) is 15.1. The van der Waals surface area contributed by atoms with Crippen molar-refractivity contribution < 1.29 is 9.90 Å². The Bertz CT molecular complexity index is 520. The van der Waals surface area contributed by atoms with Crippen LogP contribution in [0.3, 0.4) is 0 Å². The van der Waals surface area contributed by atoms with E-state index in [1.54, 1.807) is 12.4 Å². The fourth-order valence-corrected chi connectivity index (χ4v) is 2.25.